The van der Waals surface area contributed by atoms with E-state index in [2.05, 4.69) is 5.32 Å². The Morgan fingerprint density at radius 2 is 2.18 bits per heavy atom. The summed E-state index contributed by atoms with van der Waals surface area (Å²) in [6.45, 7) is 3.85. The van der Waals surface area contributed by atoms with Crippen LogP contribution in [-0.2, 0) is 4.79 Å². The Hall–Kier alpha value is -2.22. The molecule has 1 aromatic rings. The zero-order valence-corrected chi connectivity index (χ0v) is 9.95. The average molecular weight is 232 g/mol. The lowest BCUT2D eigenvalue weighted by Gasteiger charge is -2.22. The minimum Gasteiger partial charge on any atom is -0.396 e. The zero-order valence-electron chi connectivity index (χ0n) is 9.95. The van der Waals surface area contributed by atoms with Crippen LogP contribution in [-0.4, -0.2) is 12.5 Å². The van der Waals surface area contributed by atoms with Gasteiger partial charge in [-0.15, -0.1) is 0 Å². The summed E-state index contributed by atoms with van der Waals surface area (Å²) in [5, 5.41) is 11.9. The van der Waals surface area contributed by atoms with E-state index in [-0.39, 0.29) is 5.91 Å². The van der Waals surface area contributed by atoms with Crippen molar-refractivity contribution >= 4 is 17.3 Å². The van der Waals surface area contributed by atoms with Crippen LogP contribution in [0.4, 0.5) is 11.4 Å². The molecule has 0 atom stereocenters. The fraction of sp³-hybridized carbons (Fsp3) is 0.333. The number of amides is 1. The lowest BCUT2D eigenvalue weighted by molar-refractivity contribution is -0.125. The van der Waals surface area contributed by atoms with Crippen molar-refractivity contribution in [3.05, 3.63) is 23.8 Å². The maximum absolute atomic E-state index is 11.1. The molecular weight excluding hydrogens is 216 g/mol. The average Bonchev–Trinajstić information content (AvgIpc) is 2.27. The first-order chi connectivity index (χ1) is 7.88. The lowest BCUT2D eigenvalue weighted by atomic mass is 9.92. The van der Waals surface area contributed by atoms with Gasteiger partial charge in [-0.25, -0.2) is 0 Å². The molecule has 17 heavy (non-hydrogen) atoms. The van der Waals surface area contributed by atoms with E-state index in [1.807, 2.05) is 6.07 Å². The van der Waals surface area contributed by atoms with Crippen molar-refractivity contribution in [1.82, 2.24) is 0 Å². The van der Waals surface area contributed by atoms with Crippen LogP contribution in [0.1, 0.15) is 19.4 Å². The van der Waals surface area contributed by atoms with Crippen molar-refractivity contribution in [3.63, 3.8) is 0 Å². The second kappa shape index (κ2) is 4.74. The first-order valence-electron chi connectivity index (χ1n) is 5.21. The molecule has 0 bridgehead atoms. The molecule has 5 heteroatoms. The van der Waals surface area contributed by atoms with Gasteiger partial charge >= 0.3 is 0 Å². The third-order valence-electron chi connectivity index (χ3n) is 2.61. The largest absolute Gasteiger partial charge is 0.396 e. The van der Waals surface area contributed by atoms with Crippen LogP contribution in [0.15, 0.2) is 18.2 Å². The number of nitrogens with two attached hydrogens (primary N) is 2. The van der Waals surface area contributed by atoms with Crippen LogP contribution in [0.3, 0.4) is 0 Å². The minimum atomic E-state index is -0.672. The molecule has 0 radical (unpaired) electrons. The molecule has 0 saturated carbocycles. The third kappa shape index (κ3) is 2.88. The summed E-state index contributed by atoms with van der Waals surface area (Å²) in [6, 6.07) is 7.13. The van der Waals surface area contributed by atoms with Gasteiger partial charge in [-0.05, 0) is 26.0 Å². The first-order valence-corrected chi connectivity index (χ1v) is 5.21. The van der Waals surface area contributed by atoms with Gasteiger partial charge < -0.3 is 16.8 Å². The highest BCUT2D eigenvalue weighted by Gasteiger charge is 2.24. The van der Waals surface area contributed by atoms with Crippen LogP contribution < -0.4 is 16.8 Å². The standard InChI is InChI=1S/C12H16N4O/c1-12(2,11(15)17)7-16-9-5-3-4-8(6-13)10(9)14/h3-5,16H,7,14H2,1-2H3,(H2,15,17). The zero-order chi connectivity index (χ0) is 13.1. The van der Waals surface area contributed by atoms with Crippen molar-refractivity contribution in [1.29, 1.82) is 5.26 Å². The van der Waals surface area contributed by atoms with E-state index in [4.69, 9.17) is 16.7 Å². The number of benzene rings is 1. The van der Waals surface area contributed by atoms with Crippen molar-refractivity contribution in [2.75, 3.05) is 17.6 Å². The van der Waals surface area contributed by atoms with E-state index in [9.17, 15) is 4.79 Å². The molecule has 5 N–H and O–H groups in total. The number of nitrogen functional groups attached to an aromatic ring is 1. The molecule has 90 valence electrons. The van der Waals surface area contributed by atoms with Gasteiger partial charge in [0.1, 0.15) is 6.07 Å². The fourth-order valence-corrected chi connectivity index (χ4v) is 1.22. The molecule has 0 aliphatic heterocycles. The topological polar surface area (TPSA) is 105 Å². The second-order valence-corrected chi connectivity index (χ2v) is 4.48. The monoisotopic (exact) mass is 232 g/mol. The normalized spacial score (nSPS) is 10.6. The Bertz CT molecular complexity index is 474. The molecule has 0 unspecified atom stereocenters. The number of hydrogen-bond donors (Lipinski definition) is 3. The Kier molecular flexibility index (Phi) is 3.59. The number of nitrogens with zero attached hydrogens (tertiary/aromatic N) is 1. The number of hydrogen-bond acceptors (Lipinski definition) is 4. The van der Waals surface area contributed by atoms with Crippen LogP contribution in [0.25, 0.3) is 0 Å². The molecule has 0 aliphatic carbocycles. The Morgan fingerprint density at radius 1 is 1.53 bits per heavy atom. The van der Waals surface area contributed by atoms with Gasteiger partial charge in [0.2, 0.25) is 5.91 Å². The number of carbonyl (C=O) groups is 1. The van der Waals surface area contributed by atoms with E-state index in [0.29, 0.717) is 23.5 Å². The number of nitrogens with one attached hydrogen (secondary N) is 1. The predicted octanol–water partition coefficient (Wildman–Crippen LogP) is 1.06. The summed E-state index contributed by atoms with van der Waals surface area (Å²) in [6.07, 6.45) is 0. The number of anilines is 2. The van der Waals surface area contributed by atoms with Crippen molar-refractivity contribution in [2.24, 2.45) is 11.1 Å². The van der Waals surface area contributed by atoms with Crippen molar-refractivity contribution < 1.29 is 4.79 Å². The molecule has 0 saturated heterocycles. The van der Waals surface area contributed by atoms with Crippen molar-refractivity contribution in [3.8, 4) is 6.07 Å². The Labute approximate surface area is 100 Å². The van der Waals surface area contributed by atoms with Gasteiger partial charge in [-0.2, -0.15) is 5.26 Å². The molecule has 1 aromatic carbocycles. The highest BCUT2D eigenvalue weighted by Crippen LogP contribution is 2.24. The van der Waals surface area contributed by atoms with Gasteiger partial charge in [-0.3, -0.25) is 4.79 Å². The van der Waals surface area contributed by atoms with E-state index in [1.54, 1.807) is 32.0 Å². The molecule has 0 spiro atoms. The summed E-state index contributed by atoms with van der Waals surface area (Å²) in [5.41, 5.74) is 11.8. The maximum Gasteiger partial charge on any atom is 0.224 e. The highest BCUT2D eigenvalue weighted by molar-refractivity contribution is 5.81. The smallest absolute Gasteiger partial charge is 0.224 e. The van der Waals surface area contributed by atoms with E-state index >= 15 is 0 Å². The molecule has 0 aromatic heterocycles. The van der Waals surface area contributed by atoms with Crippen LogP contribution in [0.5, 0.6) is 0 Å². The van der Waals surface area contributed by atoms with Gasteiger partial charge in [0.05, 0.1) is 22.4 Å². The second-order valence-electron chi connectivity index (χ2n) is 4.48. The van der Waals surface area contributed by atoms with E-state index < -0.39 is 5.41 Å². The SMILES string of the molecule is CC(C)(CNc1cccc(C#N)c1N)C(N)=O. The highest BCUT2D eigenvalue weighted by atomic mass is 16.1. The minimum absolute atomic E-state index is 0.363. The van der Waals surface area contributed by atoms with Gasteiger partial charge in [-0.1, -0.05) is 6.07 Å². The summed E-state index contributed by atoms with van der Waals surface area (Å²) in [5.74, 6) is -0.389. The molecule has 1 amide bonds. The van der Waals surface area contributed by atoms with E-state index in [1.165, 1.54) is 0 Å². The molecule has 0 aliphatic rings. The Balaban J connectivity index is 2.84. The summed E-state index contributed by atoms with van der Waals surface area (Å²) in [4.78, 5) is 11.1. The van der Waals surface area contributed by atoms with Crippen LogP contribution >= 0.6 is 0 Å². The number of carbonyl (C=O) groups excluding carboxylic acids is 1. The molecule has 1 rings (SSSR count). The third-order valence-corrected chi connectivity index (χ3v) is 2.61. The van der Waals surface area contributed by atoms with Gasteiger partial charge in [0.15, 0.2) is 0 Å². The summed E-state index contributed by atoms with van der Waals surface area (Å²) >= 11 is 0. The number of nitriles is 1. The van der Waals surface area contributed by atoms with Gasteiger partial charge in [0.25, 0.3) is 0 Å². The molecule has 0 fully saturated rings. The predicted molar refractivity (Wildman–Crippen MR) is 67.0 cm³/mol. The van der Waals surface area contributed by atoms with E-state index in [0.717, 1.165) is 0 Å². The molecule has 5 nitrogen and oxygen atoms in total. The number of rotatable bonds is 4. The first kappa shape index (κ1) is 12.8. The Morgan fingerprint density at radius 3 is 2.71 bits per heavy atom. The summed E-state index contributed by atoms with van der Waals surface area (Å²) < 4.78 is 0. The lowest BCUT2D eigenvalue weighted by Crippen LogP contribution is -2.37. The maximum atomic E-state index is 11.1. The summed E-state index contributed by atoms with van der Waals surface area (Å²) in [7, 11) is 0. The molecule has 0 heterocycles. The van der Waals surface area contributed by atoms with Gasteiger partial charge in [0, 0.05) is 6.54 Å². The molecular formula is C12H16N4O. The van der Waals surface area contributed by atoms with Crippen LogP contribution in [0, 0.1) is 16.7 Å². The number of primary amides is 1. The number of para-hydroxylation sites is 1. The quantitative estimate of drug-likeness (QED) is 0.675. The fourth-order valence-electron chi connectivity index (χ4n) is 1.22. The van der Waals surface area contributed by atoms with Crippen LogP contribution in [0.2, 0.25) is 0 Å². The van der Waals surface area contributed by atoms with Crippen molar-refractivity contribution in [2.45, 2.75) is 13.8 Å².